The molecule has 1 aliphatic heterocycles. The fourth-order valence-electron chi connectivity index (χ4n) is 1.03. The highest BCUT2D eigenvalue weighted by Crippen LogP contribution is 2.06. The fraction of sp³-hybridized carbons (Fsp3) is 0.571. The van der Waals surface area contributed by atoms with Gasteiger partial charge in [-0.2, -0.15) is 0 Å². The molecule has 0 saturated heterocycles. The molecule has 2 nitrogen and oxygen atoms in total. The van der Waals surface area contributed by atoms with E-state index in [2.05, 4.69) is 25.2 Å². The molecule has 0 saturated carbocycles. The van der Waals surface area contributed by atoms with Gasteiger partial charge in [0.25, 0.3) is 0 Å². The Morgan fingerprint density at radius 2 is 2.20 bits per heavy atom. The average molecular weight is 205 g/mol. The monoisotopic (exact) mass is 204 g/mol. The maximum Gasteiger partial charge on any atom is 0.194 e. The van der Waals surface area contributed by atoms with Crippen LogP contribution in [0.3, 0.4) is 0 Å². The first kappa shape index (κ1) is 9.85. The molecule has 0 aliphatic carbocycles. The Hall–Kier alpha value is -0.150. The van der Waals surface area contributed by atoms with Crippen LogP contribution in [0, 0.1) is 0 Å². The molecule has 3 heteroatoms. The average Bonchev–Trinajstić information content (AvgIpc) is 2.16. The molecule has 1 aliphatic rings. The Kier molecular flexibility index (Phi) is 3.83. The minimum Gasteiger partial charge on any atom is -1.00 e. The summed E-state index contributed by atoms with van der Waals surface area (Å²) in [4.78, 5) is 4.02. The number of quaternary nitrogens is 1. The summed E-state index contributed by atoms with van der Waals surface area (Å²) in [5, 5.41) is 0. The van der Waals surface area contributed by atoms with Crippen LogP contribution in [0.25, 0.3) is 0 Å². The molecule has 1 heterocycles. The van der Waals surface area contributed by atoms with E-state index in [9.17, 15) is 0 Å². The Bertz CT molecular complexity index is 140. The molecule has 0 aromatic heterocycles. The minimum atomic E-state index is 0. The van der Waals surface area contributed by atoms with Crippen LogP contribution in [0.2, 0.25) is 0 Å². The lowest BCUT2D eigenvalue weighted by atomic mass is 10.4. The van der Waals surface area contributed by atoms with Crippen molar-refractivity contribution < 1.29 is 21.5 Å². The highest BCUT2D eigenvalue weighted by Gasteiger charge is 2.16. The van der Waals surface area contributed by atoms with E-state index in [0.717, 1.165) is 11.0 Å². The molecule has 0 aromatic carbocycles. The van der Waals surface area contributed by atoms with Crippen LogP contribution in [0.1, 0.15) is 13.3 Å². The van der Waals surface area contributed by atoms with Gasteiger partial charge in [0.1, 0.15) is 6.20 Å². The molecule has 0 N–H and O–H groups in total. The van der Waals surface area contributed by atoms with Gasteiger partial charge in [-0.05, 0) is 6.42 Å². The number of hydrogen-bond donors (Lipinski definition) is 0. The summed E-state index contributed by atoms with van der Waals surface area (Å²) < 4.78 is 0.872. The van der Waals surface area contributed by atoms with Crippen molar-refractivity contribution in [1.29, 1.82) is 0 Å². The van der Waals surface area contributed by atoms with Crippen LogP contribution >= 0.6 is 0 Å². The van der Waals surface area contributed by atoms with E-state index in [-0.39, 0.29) is 17.0 Å². The molecule has 1 rings (SSSR count). The smallest absolute Gasteiger partial charge is 0.194 e. The lowest BCUT2D eigenvalue weighted by Crippen LogP contribution is -3.00. The standard InChI is InChI=1S/C7H13N2.BrH/c1-3-5-9(2)6-4-8-7-9;/h4,6-7H,3,5H2,1-2H3;1H/q+1;/p-1. The summed E-state index contributed by atoms with van der Waals surface area (Å²) in [6.07, 6.45) is 7.12. The lowest BCUT2D eigenvalue weighted by molar-refractivity contribution is -0.756. The van der Waals surface area contributed by atoms with Crippen LogP contribution in [0.15, 0.2) is 17.4 Å². The molecular formula is C7H13BrN2. The maximum atomic E-state index is 4.02. The first-order chi connectivity index (χ1) is 4.27. The highest BCUT2D eigenvalue weighted by molar-refractivity contribution is 5.50. The van der Waals surface area contributed by atoms with E-state index < -0.39 is 0 Å². The molecule has 1 atom stereocenters. The van der Waals surface area contributed by atoms with Crippen molar-refractivity contribution >= 4 is 6.34 Å². The Labute approximate surface area is 72.6 Å². The third-order valence-corrected chi connectivity index (χ3v) is 1.53. The summed E-state index contributed by atoms with van der Waals surface area (Å²) in [5.74, 6) is 0. The SMILES string of the molecule is CCC[N+]1(C)C=CN=C1.[Br-]. The lowest BCUT2D eigenvalue weighted by Gasteiger charge is -2.19. The van der Waals surface area contributed by atoms with Crippen LogP contribution in [0.4, 0.5) is 0 Å². The number of halogens is 1. The molecule has 0 spiro atoms. The van der Waals surface area contributed by atoms with Crippen LogP contribution in [-0.2, 0) is 0 Å². The second-order valence-electron chi connectivity index (χ2n) is 2.63. The summed E-state index contributed by atoms with van der Waals surface area (Å²) >= 11 is 0. The topological polar surface area (TPSA) is 12.4 Å². The second kappa shape index (κ2) is 3.88. The predicted molar refractivity (Wildman–Crippen MR) is 39.0 cm³/mol. The minimum absolute atomic E-state index is 0. The van der Waals surface area contributed by atoms with E-state index in [1.165, 1.54) is 6.42 Å². The van der Waals surface area contributed by atoms with Crippen molar-refractivity contribution in [1.82, 2.24) is 0 Å². The van der Waals surface area contributed by atoms with E-state index in [0.29, 0.717) is 0 Å². The molecule has 0 radical (unpaired) electrons. The van der Waals surface area contributed by atoms with E-state index in [1.807, 2.05) is 12.5 Å². The summed E-state index contributed by atoms with van der Waals surface area (Å²) in [6.45, 7) is 3.34. The third kappa shape index (κ3) is 2.23. The highest BCUT2D eigenvalue weighted by atomic mass is 79.9. The Balaban J connectivity index is 0.000000810. The van der Waals surface area contributed by atoms with Gasteiger partial charge in [0.2, 0.25) is 0 Å². The number of aliphatic imine (C=N–C) groups is 1. The normalized spacial score (nSPS) is 28.6. The number of nitrogens with zero attached hydrogens (tertiary/aromatic N) is 2. The van der Waals surface area contributed by atoms with Crippen LogP contribution in [0.5, 0.6) is 0 Å². The zero-order chi connectivity index (χ0) is 6.74. The molecule has 0 amide bonds. The van der Waals surface area contributed by atoms with Crippen molar-refractivity contribution in [2.75, 3.05) is 13.6 Å². The van der Waals surface area contributed by atoms with Crippen molar-refractivity contribution in [2.45, 2.75) is 13.3 Å². The van der Waals surface area contributed by atoms with Crippen molar-refractivity contribution in [2.24, 2.45) is 4.99 Å². The quantitative estimate of drug-likeness (QED) is 0.479. The van der Waals surface area contributed by atoms with Gasteiger partial charge in [0.15, 0.2) is 6.34 Å². The molecular weight excluding hydrogens is 192 g/mol. The van der Waals surface area contributed by atoms with E-state index in [4.69, 9.17) is 0 Å². The van der Waals surface area contributed by atoms with Crippen molar-refractivity contribution in [3.05, 3.63) is 12.4 Å². The predicted octanol–water partition coefficient (Wildman–Crippen LogP) is -1.64. The van der Waals surface area contributed by atoms with Gasteiger partial charge in [-0.3, -0.25) is 4.48 Å². The molecule has 1 unspecified atom stereocenters. The number of hydrogen-bond acceptors (Lipinski definition) is 1. The molecule has 0 aromatic rings. The molecule has 0 fully saturated rings. The van der Waals surface area contributed by atoms with E-state index in [1.54, 1.807) is 0 Å². The first-order valence-corrected chi connectivity index (χ1v) is 3.34. The zero-order valence-electron chi connectivity index (χ0n) is 6.42. The zero-order valence-corrected chi connectivity index (χ0v) is 8.00. The Morgan fingerprint density at radius 3 is 2.60 bits per heavy atom. The van der Waals surface area contributed by atoms with Crippen LogP contribution in [-0.4, -0.2) is 24.4 Å². The summed E-state index contributed by atoms with van der Waals surface area (Å²) in [6, 6.07) is 0. The van der Waals surface area contributed by atoms with Gasteiger partial charge in [0, 0.05) is 0 Å². The maximum absolute atomic E-state index is 4.02. The molecule has 58 valence electrons. The Morgan fingerprint density at radius 1 is 1.50 bits per heavy atom. The third-order valence-electron chi connectivity index (χ3n) is 1.53. The van der Waals surface area contributed by atoms with Gasteiger partial charge < -0.3 is 17.0 Å². The van der Waals surface area contributed by atoms with Gasteiger partial charge in [-0.1, -0.05) is 6.92 Å². The summed E-state index contributed by atoms with van der Waals surface area (Å²) in [5.41, 5.74) is 0. The summed E-state index contributed by atoms with van der Waals surface area (Å²) in [7, 11) is 2.15. The largest absolute Gasteiger partial charge is 1.00 e. The fourth-order valence-corrected chi connectivity index (χ4v) is 1.03. The second-order valence-corrected chi connectivity index (χ2v) is 2.63. The van der Waals surface area contributed by atoms with Crippen molar-refractivity contribution in [3.8, 4) is 0 Å². The molecule has 0 bridgehead atoms. The van der Waals surface area contributed by atoms with Gasteiger partial charge in [-0.15, -0.1) is 0 Å². The van der Waals surface area contributed by atoms with Gasteiger partial charge in [0.05, 0.1) is 19.8 Å². The number of rotatable bonds is 2. The van der Waals surface area contributed by atoms with Gasteiger partial charge >= 0.3 is 0 Å². The van der Waals surface area contributed by atoms with E-state index >= 15 is 0 Å². The van der Waals surface area contributed by atoms with Crippen molar-refractivity contribution in [3.63, 3.8) is 0 Å². The first-order valence-electron chi connectivity index (χ1n) is 3.34. The van der Waals surface area contributed by atoms with Gasteiger partial charge in [-0.25, -0.2) is 4.99 Å². The molecule has 10 heavy (non-hydrogen) atoms. The van der Waals surface area contributed by atoms with Crippen LogP contribution < -0.4 is 17.0 Å².